The Morgan fingerprint density at radius 2 is 1.88 bits per heavy atom. The largest absolute Gasteiger partial charge is 0.457 e. The molecule has 0 atom stereocenters. The summed E-state index contributed by atoms with van der Waals surface area (Å²) >= 11 is 0. The molecule has 1 N–H and O–H groups in total. The minimum atomic E-state index is -0.586. The highest BCUT2D eigenvalue weighted by atomic mass is 16.5. The lowest BCUT2D eigenvalue weighted by atomic mass is 10.1. The molecule has 0 saturated heterocycles. The van der Waals surface area contributed by atoms with Crippen LogP contribution in [-0.4, -0.2) is 23.5 Å². The number of hydrogen-bond donors (Lipinski definition) is 1. The van der Waals surface area contributed by atoms with Gasteiger partial charge in [-0.05, 0) is 29.7 Å². The zero-order chi connectivity index (χ0) is 18.5. The van der Waals surface area contributed by atoms with Crippen LogP contribution in [0.25, 0.3) is 11.5 Å². The van der Waals surface area contributed by atoms with Gasteiger partial charge in [-0.3, -0.25) is 9.59 Å². The van der Waals surface area contributed by atoms with Gasteiger partial charge in [-0.1, -0.05) is 37.3 Å². The minimum Gasteiger partial charge on any atom is -0.457 e. The molecule has 0 amide bonds. The third-order valence-electron chi connectivity index (χ3n) is 4.01. The molecule has 0 aliphatic rings. The topological polar surface area (TPSA) is 89.4 Å². The first-order valence-corrected chi connectivity index (χ1v) is 8.14. The van der Waals surface area contributed by atoms with Gasteiger partial charge in [0.2, 0.25) is 0 Å². The van der Waals surface area contributed by atoms with E-state index in [0.717, 1.165) is 5.56 Å². The number of aldehydes is 2. The molecule has 132 valence electrons. The Morgan fingerprint density at radius 3 is 2.50 bits per heavy atom. The Balaban J connectivity index is 1.93. The molecule has 1 aromatic carbocycles. The van der Waals surface area contributed by atoms with Crippen molar-refractivity contribution in [2.24, 2.45) is 0 Å². The van der Waals surface area contributed by atoms with Crippen LogP contribution in [0.2, 0.25) is 0 Å². The van der Waals surface area contributed by atoms with Crippen molar-refractivity contribution in [2.45, 2.75) is 20.0 Å². The lowest BCUT2D eigenvalue weighted by molar-refractivity contribution is 0.0469. The van der Waals surface area contributed by atoms with E-state index in [1.807, 2.05) is 37.3 Å². The van der Waals surface area contributed by atoms with Crippen LogP contribution in [0.4, 0.5) is 0 Å². The van der Waals surface area contributed by atoms with Gasteiger partial charge in [0.25, 0.3) is 0 Å². The molecule has 0 aliphatic heterocycles. The second-order valence-corrected chi connectivity index (χ2v) is 5.62. The summed E-state index contributed by atoms with van der Waals surface area (Å²) in [5.41, 5.74) is 2.27. The number of esters is 1. The normalized spacial score (nSPS) is 10.5. The van der Waals surface area contributed by atoms with E-state index in [-0.39, 0.29) is 23.6 Å². The number of benzene rings is 1. The molecule has 0 bridgehead atoms. The van der Waals surface area contributed by atoms with Crippen molar-refractivity contribution in [3.63, 3.8) is 0 Å². The Hall–Kier alpha value is -3.41. The van der Waals surface area contributed by atoms with Gasteiger partial charge in [-0.25, -0.2) is 4.79 Å². The maximum atomic E-state index is 12.6. The van der Waals surface area contributed by atoms with Crippen LogP contribution in [0.1, 0.15) is 49.5 Å². The van der Waals surface area contributed by atoms with Gasteiger partial charge in [0, 0.05) is 0 Å². The summed E-state index contributed by atoms with van der Waals surface area (Å²) in [5, 5.41) is 0. The van der Waals surface area contributed by atoms with Crippen LogP contribution in [0.3, 0.4) is 0 Å². The predicted octanol–water partition coefficient (Wildman–Crippen LogP) is 3.82. The number of ether oxygens (including phenoxy) is 1. The van der Waals surface area contributed by atoms with Crippen molar-refractivity contribution in [3.8, 4) is 11.5 Å². The Bertz CT molecular complexity index is 937. The molecule has 0 fully saturated rings. The molecule has 3 rings (SSSR count). The summed E-state index contributed by atoms with van der Waals surface area (Å²) in [7, 11) is 0. The van der Waals surface area contributed by atoms with E-state index < -0.39 is 5.97 Å². The molecule has 2 heterocycles. The molecule has 0 spiro atoms. The number of hydrogen-bond acceptors (Lipinski definition) is 5. The Kier molecular flexibility index (Phi) is 5.12. The Morgan fingerprint density at radius 1 is 1.12 bits per heavy atom. The second kappa shape index (κ2) is 7.65. The third kappa shape index (κ3) is 3.35. The smallest absolute Gasteiger partial charge is 0.341 e. The van der Waals surface area contributed by atoms with E-state index in [1.165, 1.54) is 6.07 Å². The first-order valence-electron chi connectivity index (χ1n) is 8.14. The zero-order valence-electron chi connectivity index (χ0n) is 14.2. The van der Waals surface area contributed by atoms with E-state index in [2.05, 4.69) is 4.98 Å². The fourth-order valence-corrected chi connectivity index (χ4v) is 2.79. The van der Waals surface area contributed by atoms with Gasteiger partial charge in [0.05, 0.1) is 17.0 Å². The maximum absolute atomic E-state index is 12.6. The summed E-state index contributed by atoms with van der Waals surface area (Å²) in [4.78, 5) is 37.8. The standard InChI is InChI=1S/C20H17NO5/c1-2-15-18(20(24)25-12-13-6-4-3-5-7-13)16(11-23)21-19(15)17-9-8-14(10-22)26-17/h3-11,21H,2,12H2,1H3. The first-order chi connectivity index (χ1) is 12.7. The number of carbonyl (C=O) groups is 3. The van der Waals surface area contributed by atoms with Gasteiger partial charge in [0.1, 0.15) is 6.61 Å². The van der Waals surface area contributed by atoms with Crippen LogP contribution in [0.5, 0.6) is 0 Å². The lowest BCUT2D eigenvalue weighted by Gasteiger charge is -2.06. The van der Waals surface area contributed by atoms with Crippen molar-refractivity contribution in [3.05, 3.63) is 70.6 Å². The number of aromatic amines is 1. The van der Waals surface area contributed by atoms with Gasteiger partial charge >= 0.3 is 5.97 Å². The highest BCUT2D eigenvalue weighted by molar-refractivity contribution is 6.01. The monoisotopic (exact) mass is 351 g/mol. The summed E-state index contributed by atoms with van der Waals surface area (Å²) in [6.45, 7) is 1.97. The summed E-state index contributed by atoms with van der Waals surface area (Å²) in [5.74, 6) is -0.0378. The molecule has 6 heteroatoms. The van der Waals surface area contributed by atoms with E-state index >= 15 is 0 Å². The number of carbonyl (C=O) groups excluding carboxylic acids is 3. The van der Waals surface area contributed by atoms with Crippen LogP contribution >= 0.6 is 0 Å². The third-order valence-corrected chi connectivity index (χ3v) is 4.01. The summed E-state index contributed by atoms with van der Waals surface area (Å²) in [6, 6.07) is 12.4. The molecule has 6 nitrogen and oxygen atoms in total. The molecule has 0 saturated carbocycles. The van der Waals surface area contributed by atoms with Crippen molar-refractivity contribution in [2.75, 3.05) is 0 Å². The van der Waals surface area contributed by atoms with E-state index in [0.29, 0.717) is 36.0 Å². The molecule has 26 heavy (non-hydrogen) atoms. The average molecular weight is 351 g/mol. The number of furan rings is 1. The van der Waals surface area contributed by atoms with Gasteiger partial charge in [-0.2, -0.15) is 0 Å². The minimum absolute atomic E-state index is 0.109. The van der Waals surface area contributed by atoms with Crippen molar-refractivity contribution >= 4 is 18.5 Å². The van der Waals surface area contributed by atoms with Gasteiger partial charge in [0.15, 0.2) is 24.1 Å². The van der Waals surface area contributed by atoms with Crippen LogP contribution < -0.4 is 0 Å². The first kappa shape index (κ1) is 17.4. The maximum Gasteiger partial charge on any atom is 0.341 e. The van der Waals surface area contributed by atoms with Crippen molar-refractivity contribution < 1.29 is 23.5 Å². The van der Waals surface area contributed by atoms with E-state index in [4.69, 9.17) is 9.15 Å². The number of aromatic nitrogens is 1. The molecule has 3 aromatic rings. The SMILES string of the molecule is CCc1c(-c2ccc(C=O)o2)[nH]c(C=O)c1C(=O)OCc1ccccc1. The molecular weight excluding hydrogens is 334 g/mol. The molecular formula is C20H17NO5. The second-order valence-electron chi connectivity index (χ2n) is 5.62. The fraction of sp³-hybridized carbons (Fsp3) is 0.150. The highest BCUT2D eigenvalue weighted by Crippen LogP contribution is 2.30. The molecule has 0 radical (unpaired) electrons. The quantitative estimate of drug-likeness (QED) is 0.516. The van der Waals surface area contributed by atoms with Crippen LogP contribution in [-0.2, 0) is 17.8 Å². The predicted molar refractivity (Wildman–Crippen MR) is 94.2 cm³/mol. The summed E-state index contributed by atoms with van der Waals surface area (Å²) < 4.78 is 10.8. The van der Waals surface area contributed by atoms with Crippen LogP contribution in [0, 0.1) is 0 Å². The van der Waals surface area contributed by atoms with Gasteiger partial charge in [-0.15, -0.1) is 0 Å². The highest BCUT2D eigenvalue weighted by Gasteiger charge is 2.25. The molecule has 0 unspecified atom stereocenters. The molecule has 0 aliphatic carbocycles. The Labute approximate surface area is 149 Å². The average Bonchev–Trinajstić information content (AvgIpc) is 3.30. The number of nitrogens with one attached hydrogen (secondary N) is 1. The zero-order valence-corrected chi connectivity index (χ0v) is 14.2. The van der Waals surface area contributed by atoms with E-state index in [1.54, 1.807) is 6.07 Å². The summed E-state index contributed by atoms with van der Waals surface area (Å²) in [6.07, 6.45) is 1.64. The lowest BCUT2D eigenvalue weighted by Crippen LogP contribution is -2.09. The fourth-order valence-electron chi connectivity index (χ4n) is 2.79. The molecule has 2 aromatic heterocycles. The number of H-pyrrole nitrogens is 1. The number of rotatable bonds is 7. The van der Waals surface area contributed by atoms with Crippen molar-refractivity contribution in [1.29, 1.82) is 0 Å². The van der Waals surface area contributed by atoms with Crippen LogP contribution in [0.15, 0.2) is 46.9 Å². The van der Waals surface area contributed by atoms with Crippen molar-refractivity contribution in [1.82, 2.24) is 4.98 Å². The van der Waals surface area contributed by atoms with E-state index in [9.17, 15) is 14.4 Å². The van der Waals surface area contributed by atoms with Gasteiger partial charge < -0.3 is 14.1 Å².